The molecule has 2 heterocycles. The lowest BCUT2D eigenvalue weighted by molar-refractivity contribution is -0.174. The molecule has 4 rings (SSSR count). The van der Waals surface area contributed by atoms with Gasteiger partial charge in [0.25, 0.3) is 0 Å². The van der Waals surface area contributed by atoms with Crippen LogP contribution in [0.3, 0.4) is 0 Å². The zero-order chi connectivity index (χ0) is 67.4. The van der Waals surface area contributed by atoms with Crippen molar-refractivity contribution >= 4 is 71.1 Å². The lowest BCUT2D eigenvalue weighted by Gasteiger charge is -2.36. The van der Waals surface area contributed by atoms with E-state index >= 15 is 0 Å². The number of esters is 4. The van der Waals surface area contributed by atoms with Crippen molar-refractivity contribution in [1.82, 2.24) is 10.2 Å². The molecule has 15 unspecified atom stereocenters. The molecule has 0 aromatic heterocycles. The molecule has 0 radical (unpaired) electrons. The number of ketones is 2. The highest BCUT2D eigenvalue weighted by atomic mass is 16.7. The van der Waals surface area contributed by atoms with E-state index in [9.17, 15) is 72.9 Å². The topological polar surface area (TPSA) is 364 Å². The van der Waals surface area contributed by atoms with Gasteiger partial charge in [-0.05, 0) is 82.1 Å². The van der Waals surface area contributed by atoms with Crippen LogP contribution in [0, 0.1) is 77.9 Å². The molecule has 26 nitrogen and oxygen atoms in total. The molecule has 498 valence electrons. The maximum atomic E-state index is 14.9. The number of nitrogens with one attached hydrogen (secondary N) is 1. The minimum atomic E-state index is -1.97. The summed E-state index contributed by atoms with van der Waals surface area (Å²) in [6.45, 7) is 12.1. The zero-order valence-electron chi connectivity index (χ0n) is 53.4. The molecule has 90 heavy (non-hydrogen) atoms. The summed E-state index contributed by atoms with van der Waals surface area (Å²) in [6, 6.07) is 12.4. The molecule has 2 fully saturated rings. The highest BCUT2D eigenvalue weighted by molar-refractivity contribution is 6.13. The molecule has 0 spiro atoms. The smallest absolute Gasteiger partial charge is 0.320 e. The molecule has 0 aliphatic carbocycles. The fraction of sp³-hybridized carbons (Fsp3) is 0.625. The summed E-state index contributed by atoms with van der Waals surface area (Å²) in [5.74, 6) is -29.0. The highest BCUT2D eigenvalue weighted by Gasteiger charge is 2.57. The van der Waals surface area contributed by atoms with E-state index in [1.165, 1.54) is 52.3 Å². The zero-order valence-corrected chi connectivity index (χ0v) is 53.4. The Balaban J connectivity index is 1.72. The van der Waals surface area contributed by atoms with E-state index in [-0.39, 0.29) is 55.0 Å². The van der Waals surface area contributed by atoms with Crippen LogP contribution in [0.1, 0.15) is 113 Å². The van der Waals surface area contributed by atoms with Gasteiger partial charge in [-0.1, -0.05) is 71.4 Å². The van der Waals surface area contributed by atoms with Gasteiger partial charge in [0.05, 0.1) is 103 Å². The van der Waals surface area contributed by atoms with Crippen molar-refractivity contribution in [1.29, 1.82) is 0 Å². The summed E-state index contributed by atoms with van der Waals surface area (Å²) >= 11 is 0. The summed E-state index contributed by atoms with van der Waals surface area (Å²) in [5, 5.41) is 35.8. The number of imide groups is 1. The van der Waals surface area contributed by atoms with Crippen LogP contribution in [0.4, 0.5) is 0 Å². The number of nitrogens with zero attached hydrogens (tertiary/aromatic N) is 1. The molecule has 2 aromatic rings. The maximum Gasteiger partial charge on any atom is 0.320 e. The second kappa shape index (κ2) is 35.2. The molecule has 0 saturated carbocycles. The van der Waals surface area contributed by atoms with Gasteiger partial charge in [-0.15, -0.1) is 0 Å². The summed E-state index contributed by atoms with van der Waals surface area (Å²) < 4.78 is 50.3. The van der Waals surface area contributed by atoms with Gasteiger partial charge >= 0.3 is 41.8 Å². The van der Waals surface area contributed by atoms with Crippen molar-refractivity contribution in [2.45, 2.75) is 124 Å². The highest BCUT2D eigenvalue weighted by Crippen LogP contribution is 2.43. The number of rotatable bonds is 40. The third kappa shape index (κ3) is 19.3. The number of hydrogen-bond donors (Lipinski definition) is 4. The Kier molecular flexibility index (Phi) is 29.3. The number of benzene rings is 2. The first-order chi connectivity index (χ1) is 42.5. The van der Waals surface area contributed by atoms with Crippen LogP contribution >= 0.6 is 0 Å². The molecular formula is C64H88N2O24. The van der Waals surface area contributed by atoms with Gasteiger partial charge in [0.15, 0.2) is 11.6 Å². The minimum Gasteiger partial charge on any atom is -0.481 e. The predicted octanol–water partition coefficient (Wildman–Crippen LogP) is 5.25. The summed E-state index contributed by atoms with van der Waals surface area (Å²) in [4.78, 5) is 166. The summed E-state index contributed by atoms with van der Waals surface area (Å²) in [7, 11) is 5.78. The van der Waals surface area contributed by atoms with Crippen LogP contribution in [0.25, 0.3) is 0 Å². The number of amides is 3. The monoisotopic (exact) mass is 1270 g/mol. The number of hydrogen-bond acceptors (Lipinski definition) is 21. The van der Waals surface area contributed by atoms with Crippen molar-refractivity contribution in [3.05, 3.63) is 65.2 Å². The van der Waals surface area contributed by atoms with E-state index in [2.05, 4.69) is 5.32 Å². The molecule has 2 aromatic carbocycles. The molecule has 2 saturated heterocycles. The van der Waals surface area contributed by atoms with Gasteiger partial charge in [0.1, 0.15) is 5.75 Å². The van der Waals surface area contributed by atoms with Gasteiger partial charge in [-0.25, -0.2) is 0 Å². The average Bonchev–Trinajstić information content (AvgIpc) is 3.52. The number of carbonyl (C=O) groups is 12. The maximum absolute atomic E-state index is 14.9. The number of aryl methyl sites for hydroxylation is 1. The van der Waals surface area contributed by atoms with Crippen molar-refractivity contribution in [2.24, 2.45) is 71.0 Å². The molecule has 15 atom stereocenters. The normalized spacial score (nSPS) is 20.4. The van der Waals surface area contributed by atoms with Gasteiger partial charge in [-0.2, -0.15) is 0 Å². The first-order valence-corrected chi connectivity index (χ1v) is 30.0. The number of carbonyl (C=O) groups excluding carboxylic acids is 9. The molecule has 2 aliphatic rings. The second-order valence-corrected chi connectivity index (χ2v) is 23.5. The number of Topliss-reactive ketones (excluding diaryl/α,β-unsaturated/α-hetero) is 2. The Labute approximate surface area is 523 Å². The number of aliphatic carboxylic acids is 3. The van der Waals surface area contributed by atoms with E-state index in [4.69, 9.17) is 42.6 Å². The molecule has 3 amide bonds. The van der Waals surface area contributed by atoms with Gasteiger partial charge < -0.3 is 63.3 Å². The van der Waals surface area contributed by atoms with Crippen molar-refractivity contribution < 1.29 is 115 Å². The molecule has 4 N–H and O–H groups in total. The van der Waals surface area contributed by atoms with Gasteiger partial charge in [0, 0.05) is 59.8 Å². The first-order valence-electron chi connectivity index (χ1n) is 30.0. The minimum absolute atomic E-state index is 0.0362. The first kappa shape index (κ1) is 74.9. The Bertz CT molecular complexity index is 2830. The van der Waals surface area contributed by atoms with Crippen LogP contribution in [0.5, 0.6) is 5.75 Å². The standard InChI is InChI=1S/C64H88N2O24/c1-14-45(82-9)53(63(80)89-31-88-38-22-20-37(21-23-38)44(68)28-43(67)36-18-16-34(7)17-19-36)41(59(74)75)27-49(86-13)54(62(79)87-15-2)42(60(76)77)26-48(85-12)52-39(56(70)66(57(52)71)30-33(5)6)24-47(84-11)51(55(69)65-29-32(3)4)40(58(72)73)25-46(83-10)50-35(8)61(78)90-64(50)81/h16-23,32-33,35,39-42,45-54H,14-15,24-31H2,1-13H3,(H,65,69)(H,72,73)(H,74,75)(H,76,77). The number of cyclic esters (lactones) is 2. The second-order valence-electron chi connectivity index (χ2n) is 23.5. The van der Waals surface area contributed by atoms with Gasteiger partial charge in [0.2, 0.25) is 24.5 Å². The number of methoxy groups -OCH3 is 5. The Morgan fingerprint density at radius 2 is 1.08 bits per heavy atom. The third-order valence-electron chi connectivity index (χ3n) is 16.7. The van der Waals surface area contributed by atoms with Crippen LogP contribution in [-0.2, 0) is 85.8 Å². The lowest BCUT2D eigenvalue weighted by Crippen LogP contribution is -2.49. The molecule has 0 bridgehead atoms. The van der Waals surface area contributed by atoms with E-state index in [1.54, 1.807) is 58.9 Å². The predicted molar refractivity (Wildman–Crippen MR) is 316 cm³/mol. The van der Waals surface area contributed by atoms with Crippen LogP contribution in [0.2, 0.25) is 0 Å². The number of likely N-dealkylation sites (tertiary alicyclic amines) is 1. The summed E-state index contributed by atoms with van der Waals surface area (Å²) in [6.07, 6.45) is -10.3. The lowest BCUT2D eigenvalue weighted by atomic mass is 9.73. The molecule has 2 aliphatic heterocycles. The summed E-state index contributed by atoms with van der Waals surface area (Å²) in [5.41, 5.74) is 1.52. The number of carboxylic acid groups (broad SMARTS) is 3. The SMILES string of the molecule is CCOC(=O)C(C(CC(C(=O)O)C(C(=O)OCOc1ccc(C(=O)CC(=O)c2ccc(C)cc2)cc1)C(CC)OC)OC)C(CC(OC)C1C(=O)N(CC(C)C)C(=O)C1CC(OC)C(C(=O)NCC(C)C)C(CC(OC)C1C(=O)OC(=O)C1C)C(=O)O)C(=O)O. The van der Waals surface area contributed by atoms with Crippen molar-refractivity contribution in [3.8, 4) is 5.75 Å². The fourth-order valence-corrected chi connectivity index (χ4v) is 11.9. The number of carboxylic acids is 3. The number of ether oxygens (including phenoxy) is 9. The van der Waals surface area contributed by atoms with Crippen LogP contribution in [0.15, 0.2) is 48.5 Å². The Morgan fingerprint density at radius 1 is 0.589 bits per heavy atom. The van der Waals surface area contributed by atoms with Crippen LogP contribution < -0.4 is 10.1 Å². The third-order valence-corrected chi connectivity index (χ3v) is 16.7. The van der Waals surface area contributed by atoms with E-state index in [0.29, 0.717) is 5.56 Å². The molecular weight excluding hydrogens is 1180 g/mol. The quantitative estimate of drug-likeness (QED) is 0.0165. The Hall–Kier alpha value is -7.52. The Morgan fingerprint density at radius 3 is 1.53 bits per heavy atom. The van der Waals surface area contributed by atoms with Crippen LogP contribution in [-0.4, -0.2) is 184 Å². The average molecular weight is 1270 g/mol. The van der Waals surface area contributed by atoms with E-state index < -0.39 is 194 Å². The fourth-order valence-electron chi connectivity index (χ4n) is 11.9. The van der Waals surface area contributed by atoms with Gasteiger partial charge in [-0.3, -0.25) is 62.4 Å². The van der Waals surface area contributed by atoms with Crippen molar-refractivity contribution in [3.63, 3.8) is 0 Å². The van der Waals surface area contributed by atoms with Crippen molar-refractivity contribution in [2.75, 3.05) is 62.0 Å². The molecule has 26 heteroatoms. The van der Waals surface area contributed by atoms with E-state index in [1.807, 2.05) is 6.92 Å². The van der Waals surface area contributed by atoms with E-state index in [0.717, 1.165) is 31.8 Å². The largest absolute Gasteiger partial charge is 0.481 e.